The smallest absolute Gasteiger partial charge is 0.334 e. The molecule has 24 heavy (non-hydrogen) atoms. The zero-order valence-electron chi connectivity index (χ0n) is 14.3. The van der Waals surface area contributed by atoms with Crippen LogP contribution >= 0.6 is 0 Å². The third kappa shape index (κ3) is 3.61. The van der Waals surface area contributed by atoms with Crippen molar-refractivity contribution in [2.24, 2.45) is 5.92 Å². The van der Waals surface area contributed by atoms with Crippen LogP contribution in [-0.4, -0.2) is 49.2 Å². The van der Waals surface area contributed by atoms with Crippen LogP contribution in [0.25, 0.3) is 0 Å². The van der Waals surface area contributed by atoms with Gasteiger partial charge in [-0.3, -0.25) is 4.79 Å². The van der Waals surface area contributed by atoms with Crippen LogP contribution in [0.5, 0.6) is 0 Å². The fourth-order valence-electron chi connectivity index (χ4n) is 3.53. The fourth-order valence-corrected chi connectivity index (χ4v) is 3.53. The molecule has 2 fully saturated rings. The quantitative estimate of drug-likeness (QED) is 0.421. The van der Waals surface area contributed by atoms with Crippen molar-refractivity contribution in [1.29, 1.82) is 0 Å². The third-order valence-electron chi connectivity index (χ3n) is 5.03. The van der Waals surface area contributed by atoms with Gasteiger partial charge in [0.1, 0.15) is 6.10 Å². The molecule has 0 aromatic rings. The van der Waals surface area contributed by atoms with E-state index in [4.69, 9.17) is 9.47 Å². The van der Waals surface area contributed by atoms with Gasteiger partial charge in [0, 0.05) is 30.2 Å². The molecule has 5 nitrogen and oxygen atoms in total. The minimum absolute atomic E-state index is 0.0357. The molecule has 0 unspecified atom stereocenters. The van der Waals surface area contributed by atoms with Crippen molar-refractivity contribution in [3.63, 3.8) is 0 Å². The van der Waals surface area contributed by atoms with Gasteiger partial charge in [-0.2, -0.15) is 0 Å². The lowest BCUT2D eigenvalue weighted by Crippen LogP contribution is -2.41. The lowest BCUT2D eigenvalue weighted by Gasteiger charge is -2.28. The molecule has 2 heterocycles. The molecule has 130 valence electrons. The molecule has 0 bridgehead atoms. The highest BCUT2D eigenvalue weighted by Crippen LogP contribution is 2.34. The Morgan fingerprint density at radius 2 is 2.04 bits per heavy atom. The molecular formula is C19H25NO4. The summed E-state index contributed by atoms with van der Waals surface area (Å²) >= 11 is 0. The summed E-state index contributed by atoms with van der Waals surface area (Å²) in [5.41, 5.74) is 2.56. The fraction of sp³-hybridized carbons (Fsp3) is 0.579. The summed E-state index contributed by atoms with van der Waals surface area (Å²) in [7, 11) is 0. The van der Waals surface area contributed by atoms with E-state index in [1.807, 2.05) is 17.9 Å². The number of rotatable bonds is 1. The number of hydrogen-bond donors (Lipinski definition) is 0. The average molecular weight is 331 g/mol. The van der Waals surface area contributed by atoms with Crippen molar-refractivity contribution in [1.82, 2.24) is 4.90 Å². The van der Waals surface area contributed by atoms with E-state index in [1.165, 1.54) is 5.57 Å². The summed E-state index contributed by atoms with van der Waals surface area (Å²) in [5, 5.41) is 0. The molecule has 3 aliphatic rings. The molecule has 3 rings (SSSR count). The molecule has 0 aromatic carbocycles. The van der Waals surface area contributed by atoms with E-state index in [1.54, 1.807) is 0 Å². The Labute approximate surface area is 143 Å². The second kappa shape index (κ2) is 7.34. The number of carbonyl (C=O) groups is 2. The van der Waals surface area contributed by atoms with E-state index in [0.717, 1.165) is 18.4 Å². The van der Waals surface area contributed by atoms with Gasteiger partial charge in [-0.05, 0) is 38.7 Å². The Morgan fingerprint density at radius 1 is 1.29 bits per heavy atom. The van der Waals surface area contributed by atoms with E-state index in [2.05, 4.69) is 12.7 Å². The molecule has 0 saturated carbocycles. The summed E-state index contributed by atoms with van der Waals surface area (Å²) < 4.78 is 10.8. The van der Waals surface area contributed by atoms with Crippen molar-refractivity contribution in [2.45, 2.75) is 38.7 Å². The maximum Gasteiger partial charge on any atom is 0.334 e. The van der Waals surface area contributed by atoms with E-state index in [-0.39, 0.29) is 23.9 Å². The Hall–Kier alpha value is -1.88. The van der Waals surface area contributed by atoms with Crippen molar-refractivity contribution in [3.8, 4) is 0 Å². The second-order valence-corrected chi connectivity index (χ2v) is 6.73. The molecule has 1 aliphatic carbocycles. The first-order valence-corrected chi connectivity index (χ1v) is 8.69. The number of esters is 1. The first kappa shape index (κ1) is 17.0. The number of fused-ring (bicyclic) bond motifs is 1. The van der Waals surface area contributed by atoms with Gasteiger partial charge < -0.3 is 14.4 Å². The summed E-state index contributed by atoms with van der Waals surface area (Å²) in [6.45, 7) is 8.44. The van der Waals surface area contributed by atoms with E-state index < -0.39 is 0 Å². The third-order valence-corrected chi connectivity index (χ3v) is 5.03. The van der Waals surface area contributed by atoms with Gasteiger partial charge >= 0.3 is 5.97 Å². The topological polar surface area (TPSA) is 55.8 Å². The summed E-state index contributed by atoms with van der Waals surface area (Å²) in [5.74, 6) is -0.238. The van der Waals surface area contributed by atoms with Crippen LogP contribution in [0.2, 0.25) is 0 Å². The highest BCUT2D eigenvalue weighted by Gasteiger charge is 2.37. The molecule has 2 atom stereocenters. The van der Waals surface area contributed by atoms with Crippen molar-refractivity contribution >= 4 is 11.9 Å². The highest BCUT2D eigenvalue weighted by atomic mass is 16.6. The van der Waals surface area contributed by atoms with Crippen LogP contribution < -0.4 is 0 Å². The molecular weight excluding hydrogens is 306 g/mol. The van der Waals surface area contributed by atoms with Crippen molar-refractivity contribution in [3.05, 3.63) is 35.5 Å². The van der Waals surface area contributed by atoms with E-state index in [9.17, 15) is 9.59 Å². The molecule has 1 amide bonds. The lowest BCUT2D eigenvalue weighted by atomic mass is 9.87. The van der Waals surface area contributed by atoms with Crippen molar-refractivity contribution < 1.29 is 19.1 Å². The normalized spacial score (nSPS) is 33.0. The van der Waals surface area contributed by atoms with Crippen LogP contribution in [0.3, 0.4) is 0 Å². The summed E-state index contributed by atoms with van der Waals surface area (Å²) in [4.78, 5) is 26.5. The molecule has 2 saturated heterocycles. The summed E-state index contributed by atoms with van der Waals surface area (Å²) in [6, 6.07) is 0. The number of nitrogens with zero attached hydrogens (tertiary/aromatic N) is 1. The van der Waals surface area contributed by atoms with Gasteiger partial charge in [0.15, 0.2) is 0 Å². The van der Waals surface area contributed by atoms with E-state index in [0.29, 0.717) is 44.7 Å². The number of allylic oxidation sites excluding steroid dienone is 2. The van der Waals surface area contributed by atoms with Crippen LogP contribution in [-0.2, 0) is 19.1 Å². The Kier molecular flexibility index (Phi) is 5.19. The predicted octanol–water partition coefficient (Wildman–Crippen LogP) is 2.39. The zero-order chi connectivity index (χ0) is 17.1. The van der Waals surface area contributed by atoms with Crippen LogP contribution in [0, 0.1) is 5.92 Å². The first-order valence-electron chi connectivity index (χ1n) is 8.69. The number of amides is 1. The number of ether oxygens (including phenoxy) is 2. The Bertz CT molecular complexity index is 598. The number of morpholine rings is 1. The van der Waals surface area contributed by atoms with Crippen molar-refractivity contribution in [2.75, 3.05) is 26.3 Å². The van der Waals surface area contributed by atoms with Gasteiger partial charge in [0.25, 0.3) is 0 Å². The maximum absolute atomic E-state index is 12.8. The van der Waals surface area contributed by atoms with Gasteiger partial charge in [-0.15, -0.1) is 0 Å². The highest BCUT2D eigenvalue weighted by molar-refractivity contribution is 5.94. The Morgan fingerprint density at radius 3 is 2.79 bits per heavy atom. The first-order chi connectivity index (χ1) is 11.6. The minimum atomic E-state index is -0.307. The van der Waals surface area contributed by atoms with Crippen LogP contribution in [0.1, 0.15) is 32.6 Å². The van der Waals surface area contributed by atoms with Gasteiger partial charge in [-0.25, -0.2) is 4.79 Å². The standard InChI is InChI=1S/C19H25NO4/c1-13-4-3-5-15(18(21)20-8-10-23-11-9-20)6-7-16-14(2)19(22)24-17(16)12-13/h5,12,16-17H,2-4,6-11H2,1H3/b13-12+,15-5+/t16-,17+/m1/s1. The van der Waals surface area contributed by atoms with Crippen LogP contribution in [0.4, 0.5) is 0 Å². The average Bonchev–Trinajstić information content (AvgIpc) is 2.85. The van der Waals surface area contributed by atoms with Gasteiger partial charge in [-0.1, -0.05) is 18.2 Å². The number of hydrogen-bond acceptors (Lipinski definition) is 4. The largest absolute Gasteiger partial charge is 0.454 e. The molecule has 0 spiro atoms. The lowest BCUT2D eigenvalue weighted by molar-refractivity contribution is -0.137. The molecule has 0 radical (unpaired) electrons. The SMILES string of the molecule is C=C1C(=O)O[C@H]2/C=C(\C)CC/C=C(/C(=O)N3CCOCC3)CC[C@H]12. The molecule has 0 N–H and O–H groups in total. The van der Waals surface area contributed by atoms with Gasteiger partial charge in [0.05, 0.1) is 13.2 Å². The maximum atomic E-state index is 12.8. The minimum Gasteiger partial charge on any atom is -0.454 e. The zero-order valence-corrected chi connectivity index (χ0v) is 14.3. The number of carbonyl (C=O) groups excluding carboxylic acids is 2. The predicted molar refractivity (Wildman–Crippen MR) is 90.2 cm³/mol. The Balaban J connectivity index is 1.77. The second-order valence-electron chi connectivity index (χ2n) is 6.73. The monoisotopic (exact) mass is 331 g/mol. The summed E-state index contributed by atoms with van der Waals surface area (Å²) in [6.07, 6.45) is 6.94. The molecule has 5 heteroatoms. The van der Waals surface area contributed by atoms with E-state index >= 15 is 0 Å². The van der Waals surface area contributed by atoms with Crippen LogP contribution in [0.15, 0.2) is 35.5 Å². The molecule has 2 aliphatic heterocycles. The van der Waals surface area contributed by atoms with Gasteiger partial charge in [0.2, 0.25) is 5.91 Å². The molecule has 0 aromatic heterocycles.